The summed E-state index contributed by atoms with van der Waals surface area (Å²) in [5, 5.41) is 8.71. The fourth-order valence-electron chi connectivity index (χ4n) is 1.84. The van der Waals surface area contributed by atoms with Crippen molar-refractivity contribution in [1.29, 1.82) is 0 Å². The first-order valence-electron chi connectivity index (χ1n) is 4.31. The molecule has 1 fully saturated rings. The van der Waals surface area contributed by atoms with Crippen molar-refractivity contribution < 1.29 is 5.11 Å². The molecule has 66 valence electrons. The molecular weight excluding hydrogens is 140 g/mol. The van der Waals surface area contributed by atoms with E-state index in [1.54, 1.807) is 0 Å². The molecule has 0 amide bonds. The maximum Gasteiger partial charge on any atom is 0.0558 e. The molecule has 0 aromatic heterocycles. The highest BCUT2D eigenvalue weighted by molar-refractivity contribution is 4.78. The average molecular weight is 158 g/mol. The van der Waals surface area contributed by atoms with Gasteiger partial charge in [-0.05, 0) is 12.3 Å². The quantitative estimate of drug-likeness (QED) is 0.577. The van der Waals surface area contributed by atoms with Crippen LogP contribution in [-0.2, 0) is 0 Å². The molecule has 3 N–H and O–H groups in total. The van der Waals surface area contributed by atoms with Gasteiger partial charge in [-0.25, -0.2) is 0 Å². The number of piperidine rings is 1. The molecule has 0 saturated carbocycles. The van der Waals surface area contributed by atoms with Crippen LogP contribution in [0, 0.1) is 5.92 Å². The van der Waals surface area contributed by atoms with E-state index >= 15 is 0 Å². The van der Waals surface area contributed by atoms with Crippen LogP contribution in [0.15, 0.2) is 0 Å². The van der Waals surface area contributed by atoms with E-state index in [9.17, 15) is 0 Å². The van der Waals surface area contributed by atoms with Crippen LogP contribution >= 0.6 is 0 Å². The zero-order chi connectivity index (χ0) is 8.27. The minimum atomic E-state index is 0.249. The van der Waals surface area contributed by atoms with E-state index in [1.807, 2.05) is 0 Å². The van der Waals surface area contributed by atoms with Crippen molar-refractivity contribution in [2.75, 3.05) is 26.2 Å². The average Bonchev–Trinajstić information content (AvgIpc) is 1.85. The number of aliphatic hydroxyl groups is 1. The van der Waals surface area contributed by atoms with E-state index in [4.69, 9.17) is 10.8 Å². The lowest BCUT2D eigenvalue weighted by atomic mass is 9.97. The summed E-state index contributed by atoms with van der Waals surface area (Å²) >= 11 is 0. The molecular formula is C8H18N2O. The molecule has 0 spiro atoms. The van der Waals surface area contributed by atoms with Crippen molar-refractivity contribution >= 4 is 0 Å². The van der Waals surface area contributed by atoms with Gasteiger partial charge in [0.05, 0.1) is 6.61 Å². The van der Waals surface area contributed by atoms with Gasteiger partial charge in [-0.15, -0.1) is 0 Å². The van der Waals surface area contributed by atoms with E-state index in [-0.39, 0.29) is 6.61 Å². The highest BCUT2D eigenvalue weighted by atomic mass is 16.3. The molecule has 0 aliphatic carbocycles. The smallest absolute Gasteiger partial charge is 0.0558 e. The first-order chi connectivity index (χ1) is 5.22. The molecule has 0 bridgehead atoms. The van der Waals surface area contributed by atoms with Gasteiger partial charge in [-0.3, -0.25) is 4.90 Å². The summed E-state index contributed by atoms with van der Waals surface area (Å²) in [5.41, 5.74) is 5.82. The Hall–Kier alpha value is -0.120. The third-order valence-corrected chi connectivity index (χ3v) is 2.18. The second kappa shape index (κ2) is 4.04. The maximum absolute atomic E-state index is 8.71. The lowest BCUT2D eigenvalue weighted by Crippen LogP contribution is -2.47. The van der Waals surface area contributed by atoms with Gasteiger partial charge >= 0.3 is 0 Å². The lowest BCUT2D eigenvalue weighted by Gasteiger charge is -2.34. The van der Waals surface area contributed by atoms with Crippen molar-refractivity contribution in [2.45, 2.75) is 19.4 Å². The van der Waals surface area contributed by atoms with Crippen molar-refractivity contribution in [3.63, 3.8) is 0 Å². The number of β-amino-alcohol motifs (C(OH)–C–C–N with tert-alkyl or cyclic N) is 1. The van der Waals surface area contributed by atoms with Gasteiger partial charge in [0.15, 0.2) is 0 Å². The second-order valence-corrected chi connectivity index (χ2v) is 3.58. The first kappa shape index (κ1) is 8.97. The predicted octanol–water partition coefficient (Wildman–Crippen LogP) is -0.352. The van der Waals surface area contributed by atoms with E-state index in [2.05, 4.69) is 11.8 Å². The van der Waals surface area contributed by atoms with Crippen LogP contribution in [0.2, 0.25) is 0 Å². The Morgan fingerprint density at radius 3 is 2.82 bits per heavy atom. The normalized spacial score (nSPS) is 34.1. The van der Waals surface area contributed by atoms with Crippen LogP contribution in [0.1, 0.15) is 13.3 Å². The molecule has 2 atom stereocenters. The SMILES string of the molecule is CC1CC(N)CN(CCO)C1. The van der Waals surface area contributed by atoms with Gasteiger partial charge in [-0.2, -0.15) is 0 Å². The van der Waals surface area contributed by atoms with Crippen LogP contribution in [-0.4, -0.2) is 42.3 Å². The molecule has 1 rings (SSSR count). The Morgan fingerprint density at radius 2 is 2.27 bits per heavy atom. The fourth-order valence-corrected chi connectivity index (χ4v) is 1.84. The monoisotopic (exact) mass is 158 g/mol. The molecule has 0 aromatic rings. The van der Waals surface area contributed by atoms with Gasteiger partial charge in [0.25, 0.3) is 0 Å². The second-order valence-electron chi connectivity index (χ2n) is 3.58. The van der Waals surface area contributed by atoms with Gasteiger partial charge in [0, 0.05) is 25.7 Å². The molecule has 1 saturated heterocycles. The van der Waals surface area contributed by atoms with Crippen molar-refractivity contribution in [3.8, 4) is 0 Å². The van der Waals surface area contributed by atoms with Gasteiger partial charge in [-0.1, -0.05) is 6.92 Å². The summed E-state index contributed by atoms with van der Waals surface area (Å²) in [5.74, 6) is 0.685. The molecule has 1 aliphatic heterocycles. The molecule has 3 nitrogen and oxygen atoms in total. The number of nitrogens with two attached hydrogens (primary N) is 1. The minimum Gasteiger partial charge on any atom is -0.395 e. The molecule has 0 aromatic carbocycles. The Labute approximate surface area is 68.2 Å². The highest BCUT2D eigenvalue weighted by Gasteiger charge is 2.20. The predicted molar refractivity (Wildman–Crippen MR) is 45.3 cm³/mol. The first-order valence-corrected chi connectivity index (χ1v) is 4.31. The topological polar surface area (TPSA) is 49.5 Å². The van der Waals surface area contributed by atoms with E-state index < -0.39 is 0 Å². The number of hydrogen-bond acceptors (Lipinski definition) is 3. The number of rotatable bonds is 2. The molecule has 0 radical (unpaired) electrons. The summed E-state index contributed by atoms with van der Waals surface area (Å²) in [6.07, 6.45) is 1.13. The van der Waals surface area contributed by atoms with Crippen LogP contribution < -0.4 is 5.73 Å². The summed E-state index contributed by atoms with van der Waals surface area (Å²) < 4.78 is 0. The summed E-state index contributed by atoms with van der Waals surface area (Å²) in [4.78, 5) is 2.23. The number of hydrogen-bond donors (Lipinski definition) is 2. The Bertz CT molecular complexity index is 109. The molecule has 2 unspecified atom stereocenters. The molecule has 1 aliphatic rings. The molecule has 11 heavy (non-hydrogen) atoms. The van der Waals surface area contributed by atoms with Gasteiger partial charge in [0.1, 0.15) is 0 Å². The Kier molecular flexibility index (Phi) is 3.30. The standard InChI is InChI=1S/C8H18N2O/c1-7-4-8(9)6-10(5-7)2-3-11/h7-8,11H,2-6,9H2,1H3. The van der Waals surface area contributed by atoms with Gasteiger partial charge < -0.3 is 10.8 Å². The molecule has 1 heterocycles. The maximum atomic E-state index is 8.71. The summed E-state index contributed by atoms with van der Waals surface area (Å²) in [7, 11) is 0. The number of aliphatic hydroxyl groups excluding tert-OH is 1. The summed E-state index contributed by atoms with van der Waals surface area (Å²) in [6, 6.07) is 0.310. The fraction of sp³-hybridized carbons (Fsp3) is 1.00. The van der Waals surface area contributed by atoms with Crippen molar-refractivity contribution in [1.82, 2.24) is 4.90 Å². The minimum absolute atomic E-state index is 0.249. The van der Waals surface area contributed by atoms with Crippen molar-refractivity contribution in [3.05, 3.63) is 0 Å². The van der Waals surface area contributed by atoms with Crippen molar-refractivity contribution in [2.24, 2.45) is 11.7 Å². The number of likely N-dealkylation sites (tertiary alicyclic amines) is 1. The van der Waals surface area contributed by atoms with E-state index in [0.717, 1.165) is 26.1 Å². The molecule has 3 heteroatoms. The zero-order valence-corrected chi connectivity index (χ0v) is 7.16. The van der Waals surface area contributed by atoms with Crippen LogP contribution in [0.5, 0.6) is 0 Å². The third kappa shape index (κ3) is 2.77. The summed E-state index contributed by atoms with van der Waals surface area (Å²) in [6.45, 7) is 5.28. The van der Waals surface area contributed by atoms with E-state index in [1.165, 1.54) is 0 Å². The highest BCUT2D eigenvalue weighted by Crippen LogP contribution is 2.13. The van der Waals surface area contributed by atoms with Crippen LogP contribution in [0.25, 0.3) is 0 Å². The largest absolute Gasteiger partial charge is 0.395 e. The third-order valence-electron chi connectivity index (χ3n) is 2.18. The Balaban J connectivity index is 2.30. The Morgan fingerprint density at radius 1 is 1.55 bits per heavy atom. The van der Waals surface area contributed by atoms with E-state index in [0.29, 0.717) is 12.0 Å². The number of nitrogens with zero attached hydrogens (tertiary/aromatic N) is 1. The van der Waals surface area contributed by atoms with Crippen LogP contribution in [0.4, 0.5) is 0 Å². The van der Waals surface area contributed by atoms with Gasteiger partial charge in [0.2, 0.25) is 0 Å². The van der Waals surface area contributed by atoms with Crippen LogP contribution in [0.3, 0.4) is 0 Å². The zero-order valence-electron chi connectivity index (χ0n) is 7.16. The lowest BCUT2D eigenvalue weighted by molar-refractivity contribution is 0.133.